The largest absolute Gasteiger partial charge is 0.332 e. The summed E-state index contributed by atoms with van der Waals surface area (Å²) in [7, 11) is 1.67. The van der Waals surface area contributed by atoms with Crippen molar-refractivity contribution in [3.05, 3.63) is 52.9 Å². The summed E-state index contributed by atoms with van der Waals surface area (Å²) >= 11 is 0. The van der Waals surface area contributed by atoms with Gasteiger partial charge in [0, 0.05) is 30.3 Å². The topological polar surface area (TPSA) is 89.6 Å². The number of benzene rings is 1. The van der Waals surface area contributed by atoms with Gasteiger partial charge < -0.3 is 9.09 Å². The summed E-state index contributed by atoms with van der Waals surface area (Å²) < 4.78 is 6.78. The summed E-state index contributed by atoms with van der Waals surface area (Å²) in [4.78, 5) is 15.8. The summed E-state index contributed by atoms with van der Waals surface area (Å²) in [6, 6.07) is 10.8. The highest BCUT2D eigenvalue weighted by Gasteiger charge is 2.16. The SMILES string of the molecule is Cn1cc(-c2noc(-c3n[nH]c4ccccc34)n2)ccc1=O. The van der Waals surface area contributed by atoms with Crippen LogP contribution in [0.15, 0.2) is 51.9 Å². The summed E-state index contributed by atoms with van der Waals surface area (Å²) in [6.45, 7) is 0. The van der Waals surface area contributed by atoms with Crippen molar-refractivity contribution < 1.29 is 4.52 Å². The number of aromatic nitrogens is 5. The van der Waals surface area contributed by atoms with E-state index in [0.29, 0.717) is 23.0 Å². The highest BCUT2D eigenvalue weighted by atomic mass is 16.5. The number of aromatic amines is 1. The number of nitrogens with zero attached hydrogens (tertiary/aromatic N) is 4. The van der Waals surface area contributed by atoms with E-state index in [1.807, 2.05) is 24.3 Å². The molecule has 3 heterocycles. The van der Waals surface area contributed by atoms with Crippen molar-refractivity contribution in [3.63, 3.8) is 0 Å². The van der Waals surface area contributed by atoms with Crippen LogP contribution in [0.5, 0.6) is 0 Å². The molecular formula is C15H11N5O2. The molecule has 3 aromatic heterocycles. The molecule has 0 saturated heterocycles. The molecule has 1 aromatic carbocycles. The van der Waals surface area contributed by atoms with Crippen LogP contribution in [0.4, 0.5) is 0 Å². The molecule has 0 unspecified atom stereocenters. The second kappa shape index (κ2) is 4.66. The van der Waals surface area contributed by atoms with Gasteiger partial charge in [-0.25, -0.2) is 0 Å². The Morgan fingerprint density at radius 3 is 2.91 bits per heavy atom. The smallest absolute Gasteiger partial charge is 0.279 e. The zero-order valence-corrected chi connectivity index (χ0v) is 11.6. The van der Waals surface area contributed by atoms with E-state index in [0.717, 1.165) is 10.9 Å². The van der Waals surface area contributed by atoms with E-state index in [1.54, 1.807) is 19.3 Å². The lowest BCUT2D eigenvalue weighted by Gasteiger charge is -1.97. The van der Waals surface area contributed by atoms with Crippen molar-refractivity contribution in [1.82, 2.24) is 24.9 Å². The van der Waals surface area contributed by atoms with Gasteiger partial charge in [0.25, 0.3) is 5.89 Å². The molecule has 4 rings (SSSR count). The first-order chi connectivity index (χ1) is 10.7. The van der Waals surface area contributed by atoms with Crippen LogP contribution in [0.3, 0.4) is 0 Å². The fourth-order valence-electron chi connectivity index (χ4n) is 2.29. The number of nitrogens with one attached hydrogen (secondary N) is 1. The van der Waals surface area contributed by atoms with Crippen LogP contribution in [0.25, 0.3) is 33.9 Å². The number of hydrogen-bond donors (Lipinski definition) is 1. The van der Waals surface area contributed by atoms with Crippen molar-refractivity contribution in [2.45, 2.75) is 0 Å². The van der Waals surface area contributed by atoms with Gasteiger partial charge in [0.15, 0.2) is 5.69 Å². The van der Waals surface area contributed by atoms with Gasteiger partial charge in [-0.15, -0.1) is 0 Å². The number of H-pyrrole nitrogens is 1. The summed E-state index contributed by atoms with van der Waals surface area (Å²) in [5.74, 6) is 0.749. The molecule has 4 aromatic rings. The zero-order valence-electron chi connectivity index (χ0n) is 11.6. The second-order valence-corrected chi connectivity index (χ2v) is 4.91. The van der Waals surface area contributed by atoms with Crippen molar-refractivity contribution in [3.8, 4) is 23.0 Å². The monoisotopic (exact) mass is 293 g/mol. The van der Waals surface area contributed by atoms with E-state index in [2.05, 4.69) is 20.3 Å². The van der Waals surface area contributed by atoms with Gasteiger partial charge in [0.05, 0.1) is 5.52 Å². The lowest BCUT2D eigenvalue weighted by Crippen LogP contribution is -2.14. The highest BCUT2D eigenvalue weighted by molar-refractivity contribution is 5.90. The lowest BCUT2D eigenvalue weighted by atomic mass is 10.2. The second-order valence-electron chi connectivity index (χ2n) is 4.91. The Hall–Kier alpha value is -3.22. The third-order valence-electron chi connectivity index (χ3n) is 3.44. The maximum atomic E-state index is 11.4. The van der Waals surface area contributed by atoms with Gasteiger partial charge in [-0.3, -0.25) is 9.89 Å². The number of fused-ring (bicyclic) bond motifs is 1. The average molecular weight is 293 g/mol. The molecule has 0 spiro atoms. The molecule has 0 bridgehead atoms. The average Bonchev–Trinajstić information content (AvgIpc) is 3.16. The van der Waals surface area contributed by atoms with Gasteiger partial charge in [0.2, 0.25) is 11.4 Å². The van der Waals surface area contributed by atoms with Crippen LogP contribution in [-0.4, -0.2) is 24.9 Å². The third kappa shape index (κ3) is 1.91. The van der Waals surface area contributed by atoms with Crippen LogP contribution in [0.1, 0.15) is 0 Å². The zero-order chi connectivity index (χ0) is 15.1. The molecule has 7 nitrogen and oxygen atoms in total. The minimum absolute atomic E-state index is 0.0919. The predicted molar refractivity (Wildman–Crippen MR) is 80.1 cm³/mol. The Morgan fingerprint density at radius 2 is 2.05 bits per heavy atom. The summed E-state index contributed by atoms with van der Waals surface area (Å²) in [5.41, 5.74) is 2.13. The number of aryl methyl sites for hydroxylation is 1. The number of rotatable bonds is 2. The van der Waals surface area contributed by atoms with E-state index in [9.17, 15) is 4.79 Å². The predicted octanol–water partition coefficient (Wildman–Crippen LogP) is 1.98. The quantitative estimate of drug-likeness (QED) is 0.610. The van der Waals surface area contributed by atoms with Gasteiger partial charge in [-0.2, -0.15) is 10.1 Å². The molecule has 0 aliphatic heterocycles. The van der Waals surface area contributed by atoms with Gasteiger partial charge >= 0.3 is 0 Å². The Bertz CT molecular complexity index is 1030. The Labute approximate surface area is 124 Å². The van der Waals surface area contributed by atoms with E-state index >= 15 is 0 Å². The van der Waals surface area contributed by atoms with Crippen LogP contribution in [0, 0.1) is 0 Å². The Kier molecular flexibility index (Phi) is 2.65. The molecule has 0 fully saturated rings. The standard InChI is InChI=1S/C15H11N5O2/c1-20-8-9(6-7-12(20)21)14-16-15(22-19-14)13-10-4-2-3-5-11(10)17-18-13/h2-8H,1H3,(H,17,18). The molecular weight excluding hydrogens is 282 g/mol. The first-order valence-electron chi connectivity index (χ1n) is 6.66. The number of pyridine rings is 1. The molecule has 0 radical (unpaired) electrons. The van der Waals surface area contributed by atoms with E-state index in [1.165, 1.54) is 10.6 Å². The first kappa shape index (κ1) is 12.5. The van der Waals surface area contributed by atoms with Crippen molar-refractivity contribution in [2.24, 2.45) is 7.05 Å². The molecule has 108 valence electrons. The molecule has 0 saturated carbocycles. The van der Waals surface area contributed by atoms with Crippen LogP contribution in [-0.2, 0) is 7.05 Å². The summed E-state index contributed by atoms with van der Waals surface area (Å²) in [6.07, 6.45) is 1.67. The van der Waals surface area contributed by atoms with E-state index in [-0.39, 0.29) is 5.56 Å². The van der Waals surface area contributed by atoms with Gasteiger partial charge in [-0.05, 0) is 12.1 Å². The maximum absolute atomic E-state index is 11.4. The molecule has 0 atom stereocenters. The molecule has 7 heteroatoms. The number of para-hydroxylation sites is 1. The minimum Gasteiger partial charge on any atom is -0.332 e. The van der Waals surface area contributed by atoms with Crippen molar-refractivity contribution in [1.29, 1.82) is 0 Å². The van der Waals surface area contributed by atoms with Crippen LogP contribution >= 0.6 is 0 Å². The minimum atomic E-state index is -0.0919. The molecule has 0 amide bonds. The van der Waals surface area contributed by atoms with E-state index < -0.39 is 0 Å². The Balaban J connectivity index is 1.81. The lowest BCUT2D eigenvalue weighted by molar-refractivity contribution is 0.431. The molecule has 0 aliphatic carbocycles. The maximum Gasteiger partial charge on any atom is 0.279 e. The van der Waals surface area contributed by atoms with Gasteiger partial charge in [-0.1, -0.05) is 23.4 Å². The first-order valence-corrected chi connectivity index (χ1v) is 6.66. The normalized spacial score (nSPS) is 11.1. The molecule has 0 aliphatic rings. The third-order valence-corrected chi connectivity index (χ3v) is 3.44. The van der Waals surface area contributed by atoms with Crippen molar-refractivity contribution in [2.75, 3.05) is 0 Å². The molecule has 1 N–H and O–H groups in total. The molecule has 22 heavy (non-hydrogen) atoms. The van der Waals surface area contributed by atoms with Gasteiger partial charge in [0.1, 0.15) is 0 Å². The Morgan fingerprint density at radius 1 is 1.18 bits per heavy atom. The fraction of sp³-hybridized carbons (Fsp3) is 0.0667. The highest BCUT2D eigenvalue weighted by Crippen LogP contribution is 2.26. The summed E-state index contributed by atoms with van der Waals surface area (Å²) in [5, 5.41) is 12.0. The van der Waals surface area contributed by atoms with E-state index in [4.69, 9.17) is 4.52 Å². The number of hydrogen-bond acceptors (Lipinski definition) is 5. The van der Waals surface area contributed by atoms with Crippen LogP contribution in [0.2, 0.25) is 0 Å². The van der Waals surface area contributed by atoms with Crippen molar-refractivity contribution >= 4 is 10.9 Å². The van der Waals surface area contributed by atoms with Crippen LogP contribution < -0.4 is 5.56 Å². The fourth-order valence-corrected chi connectivity index (χ4v) is 2.29.